The number of carbonyl (C=O) groups is 1. The molecule has 110 valence electrons. The van der Waals surface area contributed by atoms with Crippen molar-refractivity contribution in [2.45, 2.75) is 4.90 Å². The molecule has 0 saturated carbocycles. The highest BCUT2D eigenvalue weighted by atomic mass is 32.2. The number of hydrogen-bond acceptors (Lipinski definition) is 3. The average Bonchev–Trinajstić information content (AvgIpc) is 2.38. The van der Waals surface area contributed by atoms with Crippen LogP contribution in [0.5, 0.6) is 0 Å². The van der Waals surface area contributed by atoms with Gasteiger partial charge in [0.1, 0.15) is 28.1 Å². The van der Waals surface area contributed by atoms with Gasteiger partial charge in [-0.2, -0.15) is 0 Å². The molecule has 0 heterocycles. The van der Waals surface area contributed by atoms with Crippen LogP contribution in [-0.2, 0) is 9.84 Å². The largest absolute Gasteiger partial charge is 0.293 e. The van der Waals surface area contributed by atoms with Crippen LogP contribution in [0.2, 0.25) is 0 Å². The van der Waals surface area contributed by atoms with Gasteiger partial charge in [-0.3, -0.25) is 4.79 Å². The number of hydrogen-bond donors (Lipinski definition) is 0. The van der Waals surface area contributed by atoms with Crippen LogP contribution in [0.4, 0.5) is 13.2 Å². The molecule has 0 radical (unpaired) electrons. The number of halogens is 3. The van der Waals surface area contributed by atoms with E-state index in [0.29, 0.717) is 6.07 Å². The number of benzene rings is 2. The predicted molar refractivity (Wildman–Crippen MR) is 69.1 cm³/mol. The molecule has 21 heavy (non-hydrogen) atoms. The summed E-state index contributed by atoms with van der Waals surface area (Å²) in [6.45, 7) is 0. The maximum absolute atomic E-state index is 13.5. The lowest BCUT2D eigenvalue weighted by Gasteiger charge is -2.06. The fourth-order valence-electron chi connectivity index (χ4n) is 1.74. The summed E-state index contributed by atoms with van der Waals surface area (Å²) in [5.74, 6) is -5.22. The Balaban J connectivity index is 2.33. The first-order chi connectivity index (χ1) is 9.81. The molecule has 0 aliphatic rings. The van der Waals surface area contributed by atoms with Gasteiger partial charge in [0.2, 0.25) is 0 Å². The first-order valence-electron chi connectivity index (χ1n) is 5.77. The van der Waals surface area contributed by atoms with Crippen molar-refractivity contribution >= 4 is 15.6 Å². The van der Waals surface area contributed by atoms with Crippen molar-refractivity contribution in [1.82, 2.24) is 0 Å². The third kappa shape index (κ3) is 3.30. The Kier molecular flexibility index (Phi) is 4.13. The molecule has 2 rings (SSSR count). The standard InChI is InChI=1S/C14H9F3O3S/c15-9-5-6-10(12(17)7-9)13(18)8-21(19,20)14-4-2-1-3-11(14)16/h1-7H,8H2. The lowest BCUT2D eigenvalue weighted by molar-refractivity contribution is 0.101. The molecule has 0 saturated heterocycles. The zero-order chi connectivity index (χ0) is 15.6. The molecule has 2 aromatic carbocycles. The molecule has 0 aliphatic heterocycles. The normalized spacial score (nSPS) is 11.4. The van der Waals surface area contributed by atoms with Crippen molar-refractivity contribution < 1.29 is 26.4 Å². The molecule has 0 fully saturated rings. The summed E-state index contributed by atoms with van der Waals surface area (Å²) in [6, 6.07) is 6.72. The van der Waals surface area contributed by atoms with Crippen molar-refractivity contribution in [3.05, 3.63) is 65.5 Å². The first-order valence-corrected chi connectivity index (χ1v) is 7.42. The predicted octanol–water partition coefficient (Wildman–Crippen LogP) is 2.76. The quantitative estimate of drug-likeness (QED) is 0.815. The van der Waals surface area contributed by atoms with Gasteiger partial charge >= 0.3 is 0 Å². The monoisotopic (exact) mass is 314 g/mol. The topological polar surface area (TPSA) is 51.2 Å². The van der Waals surface area contributed by atoms with Crippen molar-refractivity contribution in [1.29, 1.82) is 0 Å². The number of rotatable bonds is 4. The Bertz CT molecular complexity index is 801. The highest BCUT2D eigenvalue weighted by Gasteiger charge is 2.25. The van der Waals surface area contributed by atoms with Gasteiger partial charge in [0.25, 0.3) is 0 Å². The summed E-state index contributed by atoms with van der Waals surface area (Å²) in [5, 5.41) is 0. The summed E-state index contributed by atoms with van der Waals surface area (Å²) < 4.78 is 63.5. The molecule has 0 aliphatic carbocycles. The Labute approximate surface area is 119 Å². The number of Topliss-reactive ketones (excluding diaryl/α,β-unsaturated/α-hetero) is 1. The molecule has 0 N–H and O–H groups in total. The minimum atomic E-state index is -4.25. The van der Waals surface area contributed by atoms with Crippen molar-refractivity contribution in [3.8, 4) is 0 Å². The second-order valence-corrected chi connectivity index (χ2v) is 6.19. The minimum Gasteiger partial charge on any atom is -0.293 e. The van der Waals surface area contributed by atoms with Gasteiger partial charge in [0.05, 0.1) is 5.56 Å². The van der Waals surface area contributed by atoms with Crippen molar-refractivity contribution in [2.75, 3.05) is 5.75 Å². The van der Waals surface area contributed by atoms with Crippen molar-refractivity contribution in [3.63, 3.8) is 0 Å². The molecular weight excluding hydrogens is 305 g/mol. The van der Waals surface area contributed by atoms with Crippen LogP contribution >= 0.6 is 0 Å². The maximum Gasteiger partial charge on any atom is 0.188 e. The van der Waals surface area contributed by atoms with Gasteiger partial charge in [-0.25, -0.2) is 21.6 Å². The molecule has 3 nitrogen and oxygen atoms in total. The molecule has 7 heteroatoms. The van der Waals surface area contributed by atoms with E-state index in [0.717, 1.165) is 24.3 Å². The number of ketones is 1. The molecule has 0 aromatic heterocycles. The zero-order valence-corrected chi connectivity index (χ0v) is 11.3. The third-order valence-electron chi connectivity index (χ3n) is 2.72. The molecule has 2 aromatic rings. The Morgan fingerprint density at radius 1 is 0.952 bits per heavy atom. The highest BCUT2D eigenvalue weighted by molar-refractivity contribution is 7.92. The second-order valence-electron chi connectivity index (χ2n) is 4.24. The van der Waals surface area contributed by atoms with Crippen LogP contribution in [0.3, 0.4) is 0 Å². The summed E-state index contributed by atoms with van der Waals surface area (Å²) in [4.78, 5) is 11.2. The van der Waals surface area contributed by atoms with E-state index in [-0.39, 0.29) is 0 Å². The third-order valence-corrected chi connectivity index (χ3v) is 4.37. The smallest absolute Gasteiger partial charge is 0.188 e. The average molecular weight is 314 g/mol. The van der Waals surface area contributed by atoms with Crippen LogP contribution in [0.25, 0.3) is 0 Å². The van der Waals surface area contributed by atoms with Crippen LogP contribution in [0.1, 0.15) is 10.4 Å². The Morgan fingerprint density at radius 2 is 1.62 bits per heavy atom. The maximum atomic E-state index is 13.5. The summed E-state index contributed by atoms with van der Waals surface area (Å²) >= 11 is 0. The fourth-order valence-corrected chi connectivity index (χ4v) is 3.05. The molecular formula is C14H9F3O3S. The van der Waals surface area contributed by atoms with E-state index in [1.807, 2.05) is 0 Å². The molecule has 0 unspecified atom stereocenters. The molecule has 0 atom stereocenters. The van der Waals surface area contributed by atoms with Gasteiger partial charge in [0.15, 0.2) is 15.6 Å². The summed E-state index contributed by atoms with van der Waals surface area (Å²) in [5.41, 5.74) is -0.559. The van der Waals surface area contributed by atoms with E-state index in [2.05, 4.69) is 0 Å². The fraction of sp³-hybridized carbons (Fsp3) is 0.0714. The lowest BCUT2D eigenvalue weighted by atomic mass is 10.1. The Morgan fingerprint density at radius 3 is 2.24 bits per heavy atom. The van der Waals surface area contributed by atoms with Gasteiger partial charge in [0, 0.05) is 6.07 Å². The van der Waals surface area contributed by atoms with Gasteiger partial charge in [-0.15, -0.1) is 0 Å². The van der Waals surface area contributed by atoms with Crippen molar-refractivity contribution in [2.24, 2.45) is 0 Å². The molecule has 0 amide bonds. The van der Waals surface area contributed by atoms with E-state index in [4.69, 9.17) is 0 Å². The van der Waals surface area contributed by atoms with Gasteiger partial charge < -0.3 is 0 Å². The number of carbonyl (C=O) groups excluding carboxylic acids is 1. The van der Waals surface area contributed by atoms with E-state index >= 15 is 0 Å². The van der Waals surface area contributed by atoms with E-state index < -0.39 is 49.3 Å². The summed E-state index contributed by atoms with van der Waals surface area (Å²) in [7, 11) is -4.25. The van der Waals surface area contributed by atoms with Crippen LogP contribution in [0, 0.1) is 17.5 Å². The molecule has 0 bridgehead atoms. The van der Waals surface area contributed by atoms with Crippen LogP contribution in [0.15, 0.2) is 47.4 Å². The first kappa shape index (κ1) is 15.2. The molecule has 0 spiro atoms. The minimum absolute atomic E-state index is 0.475. The van der Waals surface area contributed by atoms with Crippen LogP contribution in [-0.4, -0.2) is 20.0 Å². The van der Waals surface area contributed by atoms with E-state index in [9.17, 15) is 26.4 Å². The lowest BCUT2D eigenvalue weighted by Crippen LogP contribution is -2.18. The summed E-state index contributed by atoms with van der Waals surface area (Å²) in [6.07, 6.45) is 0. The van der Waals surface area contributed by atoms with E-state index in [1.54, 1.807) is 0 Å². The zero-order valence-electron chi connectivity index (χ0n) is 10.5. The van der Waals surface area contributed by atoms with Gasteiger partial charge in [-0.05, 0) is 24.3 Å². The number of sulfone groups is 1. The Hall–Kier alpha value is -2.15. The SMILES string of the molecule is O=C(CS(=O)(=O)c1ccccc1F)c1ccc(F)cc1F. The van der Waals surface area contributed by atoms with Crippen LogP contribution < -0.4 is 0 Å². The van der Waals surface area contributed by atoms with E-state index in [1.165, 1.54) is 12.1 Å². The highest BCUT2D eigenvalue weighted by Crippen LogP contribution is 2.18. The second kappa shape index (κ2) is 5.69. The van der Waals surface area contributed by atoms with Gasteiger partial charge in [-0.1, -0.05) is 12.1 Å².